The lowest BCUT2D eigenvalue weighted by Crippen LogP contribution is -2.14. The fourth-order valence-electron chi connectivity index (χ4n) is 0.948. The highest BCUT2D eigenvalue weighted by Crippen LogP contribution is 2.24. The molecule has 0 saturated carbocycles. The van der Waals surface area contributed by atoms with Gasteiger partial charge in [0.05, 0.1) is 16.5 Å². The van der Waals surface area contributed by atoms with E-state index in [0.29, 0.717) is 15.7 Å². The minimum Gasteiger partial charge on any atom is -0.383 e. The maximum absolute atomic E-state index is 10.4. The summed E-state index contributed by atoms with van der Waals surface area (Å²) in [5, 5.41) is 3.69. The molecule has 7 heteroatoms. The van der Waals surface area contributed by atoms with Crippen LogP contribution in [0.3, 0.4) is 0 Å². The zero-order valence-corrected chi connectivity index (χ0v) is 9.90. The summed E-state index contributed by atoms with van der Waals surface area (Å²) < 4.78 is 29.4. The Bertz CT molecular complexity index is 447. The van der Waals surface area contributed by atoms with Gasteiger partial charge in [0.2, 0.25) is 0 Å². The van der Waals surface area contributed by atoms with Crippen LogP contribution in [0, 0.1) is 0 Å². The van der Waals surface area contributed by atoms with Crippen LogP contribution in [0.4, 0.5) is 5.69 Å². The number of nitrogens with one attached hydrogen (secondary N) is 1. The smallest absolute Gasteiger partial charge is 0.266 e. The van der Waals surface area contributed by atoms with Gasteiger partial charge in [-0.3, -0.25) is 4.55 Å². The molecule has 0 heterocycles. The minimum atomic E-state index is -3.96. The second-order valence-electron chi connectivity index (χ2n) is 2.84. The number of hydrogen-bond donors (Lipinski definition) is 2. The molecule has 0 aliphatic heterocycles. The van der Waals surface area contributed by atoms with Crippen LogP contribution >= 0.6 is 23.2 Å². The van der Waals surface area contributed by atoms with Crippen molar-refractivity contribution in [3.05, 3.63) is 28.2 Å². The molecular weight excluding hydrogens is 261 g/mol. The highest BCUT2D eigenvalue weighted by atomic mass is 35.5. The first kappa shape index (κ1) is 12.6. The molecular formula is C8H9Cl2NO3S. The molecule has 1 rings (SSSR count). The highest BCUT2D eigenvalue weighted by Gasteiger charge is 2.05. The Hall–Kier alpha value is -0.490. The number of benzene rings is 1. The SMILES string of the molecule is O=S(=O)(O)CCNc1cc(Cl)ccc1Cl. The van der Waals surface area contributed by atoms with Crippen molar-refractivity contribution in [2.75, 3.05) is 17.6 Å². The normalized spacial score (nSPS) is 11.4. The predicted molar refractivity (Wildman–Crippen MR) is 61.4 cm³/mol. The Morgan fingerprint density at radius 1 is 1.33 bits per heavy atom. The molecule has 0 saturated heterocycles. The summed E-state index contributed by atoms with van der Waals surface area (Å²) in [6.07, 6.45) is 0. The molecule has 0 spiro atoms. The van der Waals surface area contributed by atoms with Gasteiger partial charge in [-0.15, -0.1) is 0 Å². The van der Waals surface area contributed by atoms with Crippen LogP contribution in [0.1, 0.15) is 0 Å². The van der Waals surface area contributed by atoms with Crippen molar-refractivity contribution in [1.29, 1.82) is 0 Å². The first-order valence-electron chi connectivity index (χ1n) is 4.02. The molecule has 0 aliphatic carbocycles. The lowest BCUT2D eigenvalue weighted by molar-refractivity contribution is 0.484. The molecule has 0 radical (unpaired) electrons. The number of hydrogen-bond acceptors (Lipinski definition) is 3. The largest absolute Gasteiger partial charge is 0.383 e. The van der Waals surface area contributed by atoms with Crippen molar-refractivity contribution in [2.24, 2.45) is 0 Å². The van der Waals surface area contributed by atoms with Crippen molar-refractivity contribution in [1.82, 2.24) is 0 Å². The van der Waals surface area contributed by atoms with Gasteiger partial charge in [-0.05, 0) is 18.2 Å². The van der Waals surface area contributed by atoms with E-state index in [1.807, 2.05) is 0 Å². The molecule has 0 fully saturated rings. The zero-order valence-electron chi connectivity index (χ0n) is 7.57. The Kier molecular flexibility index (Phi) is 4.21. The third-order valence-electron chi connectivity index (χ3n) is 1.60. The van der Waals surface area contributed by atoms with Crippen molar-refractivity contribution < 1.29 is 13.0 Å². The number of anilines is 1. The van der Waals surface area contributed by atoms with Gasteiger partial charge in [-0.1, -0.05) is 23.2 Å². The van der Waals surface area contributed by atoms with Crippen molar-refractivity contribution in [2.45, 2.75) is 0 Å². The van der Waals surface area contributed by atoms with Gasteiger partial charge in [0, 0.05) is 11.6 Å². The minimum absolute atomic E-state index is 0.0683. The van der Waals surface area contributed by atoms with Gasteiger partial charge in [0.15, 0.2) is 0 Å². The van der Waals surface area contributed by atoms with E-state index in [-0.39, 0.29) is 12.3 Å². The van der Waals surface area contributed by atoms with Gasteiger partial charge < -0.3 is 5.32 Å². The Labute approximate surface area is 97.9 Å². The van der Waals surface area contributed by atoms with Crippen molar-refractivity contribution in [3.8, 4) is 0 Å². The summed E-state index contributed by atoms with van der Waals surface area (Å²) in [5.74, 6) is -0.379. The quantitative estimate of drug-likeness (QED) is 0.824. The third kappa shape index (κ3) is 4.70. The van der Waals surface area contributed by atoms with E-state index in [4.69, 9.17) is 27.8 Å². The monoisotopic (exact) mass is 269 g/mol. The Balaban J connectivity index is 2.61. The van der Waals surface area contributed by atoms with E-state index >= 15 is 0 Å². The zero-order chi connectivity index (χ0) is 11.5. The van der Waals surface area contributed by atoms with Crippen LogP contribution in [0.25, 0.3) is 0 Å². The summed E-state index contributed by atoms with van der Waals surface area (Å²) in [7, 11) is -3.96. The van der Waals surface area contributed by atoms with E-state index in [0.717, 1.165) is 0 Å². The molecule has 84 valence electrons. The predicted octanol–water partition coefficient (Wildman–Crippen LogP) is 2.29. The summed E-state index contributed by atoms with van der Waals surface area (Å²) in [6, 6.07) is 4.80. The van der Waals surface area contributed by atoms with Crippen LogP contribution in [0.15, 0.2) is 18.2 Å². The van der Waals surface area contributed by atoms with Crippen LogP contribution in [0.5, 0.6) is 0 Å². The first-order chi connectivity index (χ1) is 6.88. The van der Waals surface area contributed by atoms with Gasteiger partial charge in [0.25, 0.3) is 10.1 Å². The average molecular weight is 270 g/mol. The van der Waals surface area contributed by atoms with Crippen LogP contribution in [0.2, 0.25) is 10.0 Å². The maximum Gasteiger partial charge on any atom is 0.266 e. The Morgan fingerprint density at radius 2 is 2.00 bits per heavy atom. The fourth-order valence-corrected chi connectivity index (χ4v) is 1.66. The van der Waals surface area contributed by atoms with E-state index < -0.39 is 10.1 Å². The van der Waals surface area contributed by atoms with E-state index in [1.165, 1.54) is 0 Å². The first-order valence-corrected chi connectivity index (χ1v) is 6.39. The molecule has 0 aromatic heterocycles. The second kappa shape index (κ2) is 5.03. The number of rotatable bonds is 4. The van der Waals surface area contributed by atoms with Crippen LogP contribution < -0.4 is 5.32 Å². The molecule has 0 bridgehead atoms. The molecule has 15 heavy (non-hydrogen) atoms. The third-order valence-corrected chi connectivity index (χ3v) is 2.89. The van der Waals surface area contributed by atoms with Gasteiger partial charge >= 0.3 is 0 Å². The fraction of sp³-hybridized carbons (Fsp3) is 0.250. The van der Waals surface area contributed by atoms with Gasteiger partial charge in [0.1, 0.15) is 0 Å². The second-order valence-corrected chi connectivity index (χ2v) is 5.25. The average Bonchev–Trinajstić information content (AvgIpc) is 2.09. The maximum atomic E-state index is 10.4. The summed E-state index contributed by atoms with van der Waals surface area (Å²) in [4.78, 5) is 0. The van der Waals surface area contributed by atoms with Crippen molar-refractivity contribution in [3.63, 3.8) is 0 Å². The lowest BCUT2D eigenvalue weighted by Gasteiger charge is -2.07. The summed E-state index contributed by atoms with van der Waals surface area (Å²) >= 11 is 11.5. The topological polar surface area (TPSA) is 66.4 Å². The standard InChI is InChI=1S/C8H9Cl2NO3S/c9-6-1-2-7(10)8(5-6)11-3-4-15(12,13)14/h1-2,5,11H,3-4H2,(H,12,13,14). The molecule has 0 amide bonds. The molecule has 0 unspecified atom stereocenters. The van der Waals surface area contributed by atoms with Gasteiger partial charge in [-0.2, -0.15) is 8.42 Å². The molecule has 1 aromatic rings. The summed E-state index contributed by atoms with van der Waals surface area (Å²) in [5.41, 5.74) is 0.535. The molecule has 4 nitrogen and oxygen atoms in total. The molecule has 0 atom stereocenters. The number of halogens is 2. The molecule has 0 aliphatic rings. The molecule has 1 aromatic carbocycles. The van der Waals surface area contributed by atoms with E-state index in [2.05, 4.69) is 5.32 Å². The van der Waals surface area contributed by atoms with Crippen LogP contribution in [-0.2, 0) is 10.1 Å². The summed E-state index contributed by atoms with van der Waals surface area (Å²) in [6.45, 7) is 0.0683. The lowest BCUT2D eigenvalue weighted by atomic mass is 10.3. The van der Waals surface area contributed by atoms with Gasteiger partial charge in [-0.25, -0.2) is 0 Å². The van der Waals surface area contributed by atoms with E-state index in [1.54, 1.807) is 18.2 Å². The van der Waals surface area contributed by atoms with E-state index in [9.17, 15) is 8.42 Å². The van der Waals surface area contributed by atoms with Crippen LogP contribution in [-0.4, -0.2) is 25.3 Å². The Morgan fingerprint density at radius 3 is 2.60 bits per heavy atom. The molecule has 2 N–H and O–H groups in total. The highest BCUT2D eigenvalue weighted by molar-refractivity contribution is 7.85. The van der Waals surface area contributed by atoms with Crippen molar-refractivity contribution >= 4 is 39.0 Å².